The molecule has 1 aromatic heterocycles. The molecular formula is C19H18FN3O2. The summed E-state index contributed by atoms with van der Waals surface area (Å²) in [6, 6.07) is 14.3. The first-order valence-corrected chi connectivity index (χ1v) is 8.29. The fourth-order valence-corrected chi connectivity index (χ4v) is 3.26. The Kier molecular flexibility index (Phi) is 4.09. The van der Waals surface area contributed by atoms with Crippen LogP contribution in [-0.2, 0) is 4.79 Å². The Morgan fingerprint density at radius 1 is 1.20 bits per heavy atom. The molecule has 1 unspecified atom stereocenters. The summed E-state index contributed by atoms with van der Waals surface area (Å²) in [5, 5.41) is 0. The normalized spacial score (nSPS) is 17.2. The number of ether oxygens (including phenoxy) is 1. The van der Waals surface area contributed by atoms with Crippen LogP contribution in [0.4, 0.5) is 4.39 Å². The SMILES string of the molecule is O=C(COc1ccccc1F)N1CCC(n2cnc3ccccc32)C1. The van der Waals surface area contributed by atoms with Gasteiger partial charge in [-0.3, -0.25) is 4.79 Å². The van der Waals surface area contributed by atoms with Gasteiger partial charge >= 0.3 is 0 Å². The number of benzene rings is 2. The molecule has 2 aromatic carbocycles. The van der Waals surface area contributed by atoms with Crippen LogP contribution >= 0.6 is 0 Å². The Hall–Kier alpha value is -2.89. The lowest BCUT2D eigenvalue weighted by Crippen LogP contribution is -2.33. The van der Waals surface area contributed by atoms with Crippen LogP contribution in [0.1, 0.15) is 12.5 Å². The van der Waals surface area contributed by atoms with Gasteiger partial charge in [0.25, 0.3) is 5.91 Å². The molecule has 128 valence electrons. The van der Waals surface area contributed by atoms with E-state index < -0.39 is 5.82 Å². The van der Waals surface area contributed by atoms with E-state index in [4.69, 9.17) is 4.74 Å². The summed E-state index contributed by atoms with van der Waals surface area (Å²) in [6.45, 7) is 1.12. The third-order valence-corrected chi connectivity index (χ3v) is 4.58. The van der Waals surface area contributed by atoms with Crippen molar-refractivity contribution in [3.63, 3.8) is 0 Å². The van der Waals surface area contributed by atoms with Crippen LogP contribution in [0.15, 0.2) is 54.9 Å². The number of hydrogen-bond donors (Lipinski definition) is 0. The molecule has 5 nitrogen and oxygen atoms in total. The maximum atomic E-state index is 13.6. The molecule has 0 spiro atoms. The monoisotopic (exact) mass is 339 g/mol. The van der Waals surface area contributed by atoms with E-state index in [9.17, 15) is 9.18 Å². The zero-order valence-electron chi connectivity index (χ0n) is 13.6. The van der Waals surface area contributed by atoms with Crippen molar-refractivity contribution in [1.82, 2.24) is 14.5 Å². The summed E-state index contributed by atoms with van der Waals surface area (Å²) in [6.07, 6.45) is 2.70. The first kappa shape index (κ1) is 15.6. The molecule has 1 amide bonds. The van der Waals surface area contributed by atoms with Gasteiger partial charge in [0.1, 0.15) is 0 Å². The maximum Gasteiger partial charge on any atom is 0.260 e. The molecule has 25 heavy (non-hydrogen) atoms. The maximum absolute atomic E-state index is 13.6. The van der Waals surface area contributed by atoms with Gasteiger partial charge in [0.05, 0.1) is 23.4 Å². The standard InChI is InChI=1S/C19H18FN3O2/c20-15-5-1-4-8-18(15)25-12-19(24)22-10-9-14(11-22)23-13-21-16-6-2-3-7-17(16)23/h1-8,13-14H,9-12H2. The van der Waals surface area contributed by atoms with Crippen LogP contribution in [0.2, 0.25) is 0 Å². The van der Waals surface area contributed by atoms with Crippen molar-refractivity contribution in [2.45, 2.75) is 12.5 Å². The Labute approximate surface area is 144 Å². The average Bonchev–Trinajstić information content (AvgIpc) is 3.27. The molecule has 1 saturated heterocycles. The molecule has 1 fully saturated rings. The first-order chi connectivity index (χ1) is 12.2. The summed E-state index contributed by atoms with van der Waals surface area (Å²) in [7, 11) is 0. The third-order valence-electron chi connectivity index (χ3n) is 4.58. The molecule has 0 N–H and O–H groups in total. The quantitative estimate of drug-likeness (QED) is 0.734. The lowest BCUT2D eigenvalue weighted by atomic mass is 10.2. The van der Waals surface area contributed by atoms with Crippen LogP contribution in [0.5, 0.6) is 5.75 Å². The highest BCUT2D eigenvalue weighted by atomic mass is 19.1. The van der Waals surface area contributed by atoms with E-state index in [1.54, 1.807) is 17.0 Å². The predicted octanol–water partition coefficient (Wildman–Crippen LogP) is 3.03. The van der Waals surface area contributed by atoms with Gasteiger partial charge in [-0.25, -0.2) is 9.37 Å². The fraction of sp³-hybridized carbons (Fsp3) is 0.263. The zero-order valence-corrected chi connectivity index (χ0v) is 13.6. The fourth-order valence-electron chi connectivity index (χ4n) is 3.26. The van der Waals surface area contributed by atoms with Crippen LogP contribution in [0.3, 0.4) is 0 Å². The van der Waals surface area contributed by atoms with Crippen LogP contribution < -0.4 is 4.74 Å². The van der Waals surface area contributed by atoms with Crippen LogP contribution in [0.25, 0.3) is 11.0 Å². The molecule has 6 heteroatoms. The Bertz CT molecular complexity index is 908. The summed E-state index contributed by atoms with van der Waals surface area (Å²) in [5.41, 5.74) is 2.03. The van der Waals surface area contributed by atoms with E-state index in [1.807, 2.05) is 30.6 Å². The van der Waals surface area contributed by atoms with Gasteiger partial charge in [-0.05, 0) is 30.7 Å². The number of hydrogen-bond acceptors (Lipinski definition) is 3. The lowest BCUT2D eigenvalue weighted by molar-refractivity contribution is -0.132. The molecule has 4 rings (SSSR count). The molecule has 2 heterocycles. The van der Waals surface area contributed by atoms with E-state index in [-0.39, 0.29) is 24.3 Å². The molecule has 0 aliphatic carbocycles. The van der Waals surface area contributed by atoms with E-state index in [2.05, 4.69) is 9.55 Å². The molecule has 1 atom stereocenters. The molecule has 3 aromatic rings. The predicted molar refractivity (Wildman–Crippen MR) is 91.9 cm³/mol. The van der Waals surface area contributed by atoms with Gasteiger partial charge in [0, 0.05) is 13.1 Å². The molecule has 1 aliphatic rings. The Balaban J connectivity index is 1.40. The first-order valence-electron chi connectivity index (χ1n) is 8.29. The summed E-state index contributed by atoms with van der Waals surface area (Å²) in [5.74, 6) is -0.484. The Morgan fingerprint density at radius 2 is 2.00 bits per heavy atom. The number of rotatable bonds is 4. The number of imidazole rings is 1. The second-order valence-electron chi connectivity index (χ2n) is 6.14. The summed E-state index contributed by atoms with van der Waals surface area (Å²) in [4.78, 5) is 18.5. The van der Waals surface area contributed by atoms with Gasteiger partial charge in [0.2, 0.25) is 0 Å². The topological polar surface area (TPSA) is 47.4 Å². The van der Waals surface area contributed by atoms with Gasteiger partial charge in [-0.15, -0.1) is 0 Å². The number of carbonyl (C=O) groups is 1. The minimum Gasteiger partial charge on any atom is -0.481 e. The van der Waals surface area contributed by atoms with E-state index >= 15 is 0 Å². The van der Waals surface area contributed by atoms with Crippen LogP contribution in [-0.4, -0.2) is 40.1 Å². The minimum absolute atomic E-state index is 0.104. The number of aromatic nitrogens is 2. The minimum atomic E-state index is -0.459. The number of likely N-dealkylation sites (tertiary alicyclic amines) is 1. The summed E-state index contributed by atoms with van der Waals surface area (Å²) < 4.78 is 21.0. The molecule has 0 radical (unpaired) electrons. The number of nitrogens with zero attached hydrogens (tertiary/aromatic N) is 3. The van der Waals surface area contributed by atoms with Crippen molar-refractivity contribution in [3.05, 3.63) is 60.7 Å². The number of halogens is 1. The van der Waals surface area contributed by atoms with Crippen molar-refractivity contribution in [1.29, 1.82) is 0 Å². The highest BCUT2D eigenvalue weighted by Gasteiger charge is 2.28. The van der Waals surface area contributed by atoms with E-state index in [0.29, 0.717) is 13.1 Å². The summed E-state index contributed by atoms with van der Waals surface area (Å²) >= 11 is 0. The second-order valence-corrected chi connectivity index (χ2v) is 6.14. The highest BCUT2D eigenvalue weighted by Crippen LogP contribution is 2.26. The number of para-hydroxylation sites is 3. The zero-order chi connectivity index (χ0) is 17.2. The van der Waals surface area contributed by atoms with Crippen molar-refractivity contribution in [2.24, 2.45) is 0 Å². The van der Waals surface area contributed by atoms with Gasteiger partial charge in [-0.1, -0.05) is 24.3 Å². The third kappa shape index (κ3) is 3.07. The number of carbonyl (C=O) groups excluding carboxylic acids is 1. The Morgan fingerprint density at radius 3 is 2.88 bits per heavy atom. The van der Waals surface area contributed by atoms with Crippen molar-refractivity contribution >= 4 is 16.9 Å². The van der Waals surface area contributed by atoms with Gasteiger partial charge < -0.3 is 14.2 Å². The smallest absolute Gasteiger partial charge is 0.260 e. The van der Waals surface area contributed by atoms with Crippen molar-refractivity contribution in [3.8, 4) is 5.75 Å². The lowest BCUT2D eigenvalue weighted by Gasteiger charge is -2.18. The number of amides is 1. The van der Waals surface area contributed by atoms with Gasteiger partial charge in [0.15, 0.2) is 18.2 Å². The second kappa shape index (κ2) is 6.55. The molecule has 0 bridgehead atoms. The highest BCUT2D eigenvalue weighted by molar-refractivity contribution is 5.78. The van der Waals surface area contributed by atoms with Gasteiger partial charge in [-0.2, -0.15) is 0 Å². The van der Waals surface area contributed by atoms with Crippen LogP contribution in [0, 0.1) is 5.82 Å². The largest absolute Gasteiger partial charge is 0.481 e. The van der Waals surface area contributed by atoms with Crippen molar-refractivity contribution in [2.75, 3.05) is 19.7 Å². The van der Waals surface area contributed by atoms with E-state index in [1.165, 1.54) is 12.1 Å². The molecule has 0 saturated carbocycles. The van der Waals surface area contributed by atoms with E-state index in [0.717, 1.165) is 17.5 Å². The number of fused-ring (bicyclic) bond motifs is 1. The molecule has 1 aliphatic heterocycles. The average molecular weight is 339 g/mol. The molecular weight excluding hydrogens is 321 g/mol. The van der Waals surface area contributed by atoms with Crippen molar-refractivity contribution < 1.29 is 13.9 Å².